The van der Waals surface area contributed by atoms with Gasteiger partial charge >= 0.3 is 0 Å². The van der Waals surface area contributed by atoms with Gasteiger partial charge in [-0.3, -0.25) is 0 Å². The van der Waals surface area contributed by atoms with Crippen molar-refractivity contribution in [1.29, 1.82) is 0 Å². The van der Waals surface area contributed by atoms with Crippen molar-refractivity contribution in [2.24, 2.45) is 0 Å². The van der Waals surface area contributed by atoms with Crippen molar-refractivity contribution in [2.75, 3.05) is 0 Å². The molecule has 0 spiro atoms. The van der Waals surface area contributed by atoms with E-state index in [9.17, 15) is 1.37 Å². The summed E-state index contributed by atoms with van der Waals surface area (Å²) in [5.74, 6) is 0. The molecule has 0 saturated carbocycles. The SMILES string of the molecule is [2H]c1c([2H])c([2H])c(-c2c([2H])c([2H])c([2H])c([2H])c2-c2c3ccccc3c(-c3cc(-c4ccccc4)cc4ccccc34)c3ccccc23)c([2H])c1[2H].[2H]c1c([2H])c([2H])c(-c2cccc3c(-c4c5ccccc5c(-c5cccc6ccccc56)c5cc([Si](C)(C)C)ccc45)cccc23)c([2H])c1[2H].[2H]c1c([2H])c([2H])c2c(-c3c4ccccc4c(-c4ccccc4)c4ccccc34)c([2H])c([2H])c([2H])c2c1[2H]. The average Bonchev–Trinajstić information content (AvgIpc) is 0.716. The molecule has 0 N–H and O–H groups in total. The maximum atomic E-state index is 9.31. The van der Waals surface area contributed by atoms with Crippen LogP contribution in [0.4, 0.5) is 0 Å². The molecule has 0 aliphatic carbocycles. The Labute approximate surface area is 708 Å². The minimum atomic E-state index is -1.68. The second-order valence-corrected chi connectivity index (χ2v) is 35.0. The van der Waals surface area contributed by atoms with Crippen LogP contribution >= 0.6 is 0 Å². The van der Waals surface area contributed by atoms with Gasteiger partial charge in [0, 0.05) is 0 Å². The number of fused-ring (bicyclic) bond motifs is 10. The summed E-state index contributed by atoms with van der Waals surface area (Å²) in [7, 11) is -1.68. The van der Waals surface area contributed by atoms with Gasteiger partial charge in [-0.2, -0.15) is 0 Å². The van der Waals surface area contributed by atoms with Gasteiger partial charge in [-0.25, -0.2) is 0 Å². The first-order valence-corrected chi connectivity index (χ1v) is 42.2. The fourth-order valence-electron chi connectivity index (χ4n) is 17.2. The van der Waals surface area contributed by atoms with Gasteiger partial charge in [0.15, 0.2) is 0 Å². The molecular weight excluding hydrogens is 1410 g/mol. The molecule has 0 saturated heterocycles. The Morgan fingerprint density at radius 1 is 0.164 bits per heavy atom. The highest BCUT2D eigenvalue weighted by atomic mass is 28.3. The van der Waals surface area contributed by atoms with E-state index in [0.29, 0.717) is 27.5 Å². The molecule has 0 heterocycles. The molecule has 0 aromatic heterocycles. The van der Waals surface area contributed by atoms with Crippen LogP contribution in [0.15, 0.2) is 442 Å². The lowest BCUT2D eigenvalue weighted by molar-refractivity contribution is 1.60. The summed E-state index contributed by atoms with van der Waals surface area (Å²) in [6, 6.07) is 98.1. The Kier molecular flexibility index (Phi) is 13.4. The third-order valence-corrected chi connectivity index (χ3v) is 24.4. The minimum Gasteiger partial charge on any atom is -0.0656 e. The van der Waals surface area contributed by atoms with E-state index in [4.69, 9.17) is 27.4 Å². The molecule has 22 aromatic rings. The minimum absolute atomic E-state index is 0.0395. The zero-order chi connectivity index (χ0) is 95.9. The van der Waals surface area contributed by atoms with Gasteiger partial charge in [-0.05, 0) is 220 Å². The summed E-state index contributed by atoms with van der Waals surface area (Å²) >= 11 is 0. The number of hydrogen-bond acceptors (Lipinski definition) is 0. The van der Waals surface area contributed by atoms with Crippen LogP contribution in [0.5, 0.6) is 0 Å². The molecule has 0 fully saturated rings. The molecule has 0 amide bonds. The smallest absolute Gasteiger partial charge is 0.0656 e. The van der Waals surface area contributed by atoms with Crippen LogP contribution in [0, 0.1) is 0 Å². The first-order valence-electron chi connectivity index (χ1n) is 49.2. The maximum absolute atomic E-state index is 9.31. The van der Waals surface area contributed by atoms with Gasteiger partial charge in [-0.1, -0.05) is 455 Å². The zero-order valence-corrected chi connectivity index (χ0v) is 64.5. The van der Waals surface area contributed by atoms with E-state index in [2.05, 4.69) is 153 Å². The molecule has 116 heavy (non-hydrogen) atoms. The Balaban J connectivity index is 0.000000129. The third kappa shape index (κ3) is 12.8. The Morgan fingerprint density at radius 3 is 1.08 bits per heavy atom. The largest absolute Gasteiger partial charge is 0.0776 e. The second-order valence-electron chi connectivity index (χ2n) is 29.9. The summed E-state index contributed by atoms with van der Waals surface area (Å²) in [6.07, 6.45) is 0. The fourth-order valence-corrected chi connectivity index (χ4v) is 18.3. The van der Waals surface area contributed by atoms with Crippen LogP contribution in [0.25, 0.3) is 208 Å². The lowest BCUT2D eigenvalue weighted by Gasteiger charge is -2.23. The van der Waals surface area contributed by atoms with E-state index < -0.39 is 68.5 Å². The van der Waals surface area contributed by atoms with Crippen molar-refractivity contribution >= 4 is 121 Å². The van der Waals surface area contributed by atoms with E-state index in [1.165, 1.54) is 37.9 Å². The molecule has 546 valence electrons. The maximum Gasteiger partial charge on any atom is 0.0776 e. The van der Waals surface area contributed by atoms with Crippen LogP contribution in [-0.4, -0.2) is 8.07 Å². The lowest BCUT2D eigenvalue weighted by atomic mass is 9.82. The predicted molar refractivity (Wildman–Crippen MR) is 506 cm³/mol. The molecule has 0 unspecified atom stereocenters. The third-order valence-electron chi connectivity index (χ3n) is 22.3. The van der Waals surface area contributed by atoms with Crippen molar-refractivity contribution in [2.45, 2.75) is 19.6 Å². The topological polar surface area (TPSA) is 0 Å². The Morgan fingerprint density at radius 2 is 0.517 bits per heavy atom. The molecule has 0 atom stereocenters. The van der Waals surface area contributed by atoms with E-state index in [1.54, 1.807) is 0 Å². The number of rotatable bonds is 10. The van der Waals surface area contributed by atoms with Crippen LogP contribution in [0.3, 0.4) is 0 Å². The van der Waals surface area contributed by atoms with Crippen molar-refractivity contribution in [3.8, 4) is 100 Å². The van der Waals surface area contributed by atoms with E-state index in [0.717, 1.165) is 109 Å². The highest BCUT2D eigenvalue weighted by Crippen LogP contribution is 2.52. The summed E-state index contributed by atoms with van der Waals surface area (Å²) in [4.78, 5) is 0. The van der Waals surface area contributed by atoms with Crippen molar-refractivity contribution in [3.63, 3.8) is 0 Å². The number of benzene rings is 22. The molecule has 0 nitrogen and oxygen atoms in total. The summed E-state index contributed by atoms with van der Waals surface area (Å²) in [6.45, 7) is 7.16. The van der Waals surface area contributed by atoms with Gasteiger partial charge in [0.2, 0.25) is 0 Å². The number of hydrogen-bond donors (Lipinski definition) is 0. The van der Waals surface area contributed by atoms with Crippen LogP contribution in [0.1, 0.15) is 28.8 Å². The zero-order valence-electron chi connectivity index (χ0n) is 84.5. The van der Waals surface area contributed by atoms with Gasteiger partial charge in [-0.15, -0.1) is 0 Å². The highest BCUT2D eigenvalue weighted by Gasteiger charge is 2.26. The van der Waals surface area contributed by atoms with Gasteiger partial charge in [0.05, 0.1) is 36.9 Å². The van der Waals surface area contributed by atoms with Crippen molar-refractivity contribution in [3.05, 3.63) is 442 Å². The summed E-state index contributed by atoms with van der Waals surface area (Å²) in [5.41, 5.74) is 12.6. The molecule has 0 aliphatic rings. The summed E-state index contributed by atoms with van der Waals surface area (Å²) < 4.78 is 181. The van der Waals surface area contributed by atoms with Crippen LogP contribution in [-0.2, 0) is 0 Å². The van der Waals surface area contributed by atoms with E-state index >= 15 is 0 Å². The quantitative estimate of drug-likeness (QED) is 0.0946. The Hall–Kier alpha value is -14.3. The van der Waals surface area contributed by atoms with Crippen LogP contribution in [0.2, 0.25) is 19.6 Å². The first kappa shape index (κ1) is 51.3. The normalized spacial score (nSPS) is 14.1. The standard InChI is InChI=1S/C43H34Si.C42H28.C30H20/c1-44(2,3)31-26-27-40-41(28-31)43(36-24-11-17-30-16-7-8-18-33(30)36)39-20-10-9-19-38(39)42(40)37-25-13-22-34-32(21-12-23-35(34)37)29-14-5-4-6-15-29;1-3-15-29(16-4-1)32-27-31-19-7-8-21-34(31)40(28-32)42-38-25-13-11-23-36(38)41(37-24-12-14-26-39(37)42)35-22-10-9-20-33(35)30-17-5-2-6-18-30;1-2-12-22(13-3-1)29-25-16-6-8-18-27(25)30(28-19-9-7-17-26(28)29)24-20-10-14-21-11-4-5-15-23(21)24/h4-28H,1-3H3;1-28H;1-20H/i4D,5D,6D,14D,15D;2D,5D,6D,9D,10D,17D,18D,20D,22D;4D,5D,10D,11D,14D,15D,20D. The average molecular weight is 1510 g/mol. The predicted octanol–water partition coefficient (Wildman–Crippen LogP) is 32.1. The van der Waals surface area contributed by atoms with Gasteiger partial charge in [0.1, 0.15) is 0 Å². The van der Waals surface area contributed by atoms with Crippen LogP contribution < -0.4 is 5.19 Å². The van der Waals surface area contributed by atoms with E-state index in [1.807, 2.05) is 182 Å². The molecule has 0 radical (unpaired) electrons. The lowest BCUT2D eigenvalue weighted by Crippen LogP contribution is -2.37. The van der Waals surface area contributed by atoms with Crippen molar-refractivity contribution in [1.82, 2.24) is 0 Å². The van der Waals surface area contributed by atoms with Crippen molar-refractivity contribution < 1.29 is 28.8 Å². The molecule has 1 heteroatoms. The van der Waals surface area contributed by atoms with Gasteiger partial charge in [0.25, 0.3) is 0 Å². The monoisotopic (exact) mass is 1510 g/mol. The van der Waals surface area contributed by atoms with Gasteiger partial charge < -0.3 is 0 Å². The fraction of sp³-hybridized carbons (Fsp3) is 0.0261. The van der Waals surface area contributed by atoms with E-state index in [-0.39, 0.29) is 105 Å². The molecule has 0 aliphatic heterocycles. The first-order chi connectivity index (χ1) is 66.0. The summed E-state index contributed by atoms with van der Waals surface area (Å²) in [5, 5.41) is 19.0. The molecular formula is C115H82Si. The second kappa shape index (κ2) is 30.3. The molecule has 0 bridgehead atoms. The Bertz CT molecular complexity index is 8720. The highest BCUT2D eigenvalue weighted by molar-refractivity contribution is 6.88. The molecule has 22 aromatic carbocycles. The molecule has 22 rings (SSSR count).